The van der Waals surface area contributed by atoms with E-state index in [9.17, 15) is 29.1 Å². The molecule has 6 heterocycles. The van der Waals surface area contributed by atoms with Crippen LogP contribution in [-0.2, 0) is 36.9 Å². The van der Waals surface area contributed by atoms with Gasteiger partial charge in [0.05, 0.1) is 0 Å². The van der Waals surface area contributed by atoms with Crippen molar-refractivity contribution in [2.75, 3.05) is 69.6 Å². The number of aliphatic hydroxyl groups excluding tert-OH is 1. The van der Waals surface area contributed by atoms with Gasteiger partial charge in [0.1, 0.15) is 29.1 Å². The minimum Gasteiger partial charge on any atom is -0.444 e. The van der Waals surface area contributed by atoms with Gasteiger partial charge in [0.15, 0.2) is 0 Å². The van der Waals surface area contributed by atoms with E-state index in [1.165, 1.54) is 0 Å². The lowest BCUT2D eigenvalue weighted by atomic mass is 9.92. The summed E-state index contributed by atoms with van der Waals surface area (Å²) in [4.78, 5) is 77.5. The van der Waals surface area contributed by atoms with Crippen LogP contribution in [0.15, 0.2) is 36.7 Å². The van der Waals surface area contributed by atoms with Gasteiger partial charge in [-0.2, -0.15) is 0 Å². The molecule has 4 aliphatic heterocycles. The molecular formula is C46H70N8O8. The predicted molar refractivity (Wildman–Crippen MR) is 236 cm³/mol. The van der Waals surface area contributed by atoms with Crippen LogP contribution < -0.4 is 10.6 Å². The van der Waals surface area contributed by atoms with E-state index in [0.29, 0.717) is 30.6 Å². The van der Waals surface area contributed by atoms with Crippen molar-refractivity contribution in [1.82, 2.24) is 29.6 Å². The third kappa shape index (κ3) is 15.9. The average molecular weight is 863 g/mol. The lowest BCUT2D eigenvalue weighted by Gasteiger charge is -2.37. The van der Waals surface area contributed by atoms with Gasteiger partial charge in [-0.3, -0.25) is 30.0 Å². The molecule has 16 nitrogen and oxygen atoms in total. The fourth-order valence-electron chi connectivity index (χ4n) is 8.40. The molecule has 0 bridgehead atoms. The normalized spacial score (nSPS) is 19.2. The molecule has 3 N–H and O–H groups in total. The summed E-state index contributed by atoms with van der Waals surface area (Å²) < 4.78 is 10.6. The number of pyridine rings is 2. The standard InChI is InChI=1S/C23H36N4O4.C23H34N4O4/c2*1-23(2,3)31-22(30)25-20-14-18(4-9-24-20)15-26-10-7-19(8-11-26)21(29)27-12-5-17(16-28)6-13-27/h4,9,14,17,19,28H,5-8,10-13,15-16H2,1-3H3,(H,24,25,30);4,9,14,16-17,19H,5-8,10-13,15H2,1-3H3,(H,24,25,30). The number of aliphatic hydroxyl groups is 1. The molecule has 0 unspecified atom stereocenters. The number of hydrogen-bond acceptors (Lipinski definition) is 12. The Morgan fingerprint density at radius 3 is 1.39 bits per heavy atom. The molecule has 342 valence electrons. The third-order valence-electron chi connectivity index (χ3n) is 11.8. The van der Waals surface area contributed by atoms with Gasteiger partial charge in [-0.05, 0) is 160 Å². The minimum atomic E-state index is -0.562. The zero-order valence-electron chi connectivity index (χ0n) is 37.8. The van der Waals surface area contributed by atoms with Crippen LogP contribution in [0.4, 0.5) is 21.2 Å². The van der Waals surface area contributed by atoms with Gasteiger partial charge in [0.2, 0.25) is 11.8 Å². The Balaban J connectivity index is 0.000000234. The molecule has 0 aliphatic carbocycles. The summed E-state index contributed by atoms with van der Waals surface area (Å²) >= 11 is 0. The maximum absolute atomic E-state index is 12.8. The number of ether oxygens (including phenoxy) is 2. The van der Waals surface area contributed by atoms with Crippen molar-refractivity contribution in [3.8, 4) is 0 Å². The van der Waals surface area contributed by atoms with Gasteiger partial charge in [-0.25, -0.2) is 19.6 Å². The van der Waals surface area contributed by atoms with E-state index >= 15 is 0 Å². The summed E-state index contributed by atoms with van der Waals surface area (Å²) in [6.45, 7) is 19.1. The Hall–Kier alpha value is -4.67. The van der Waals surface area contributed by atoms with Crippen molar-refractivity contribution >= 4 is 41.9 Å². The molecule has 0 radical (unpaired) electrons. The summed E-state index contributed by atoms with van der Waals surface area (Å²) in [6, 6.07) is 7.61. The van der Waals surface area contributed by atoms with E-state index in [-0.39, 0.29) is 36.2 Å². The van der Waals surface area contributed by atoms with E-state index in [1.54, 1.807) is 12.4 Å². The zero-order chi connectivity index (χ0) is 44.9. The minimum absolute atomic E-state index is 0.0749. The van der Waals surface area contributed by atoms with E-state index in [1.807, 2.05) is 75.6 Å². The van der Waals surface area contributed by atoms with Crippen molar-refractivity contribution in [3.63, 3.8) is 0 Å². The number of hydrogen-bond donors (Lipinski definition) is 3. The molecule has 16 heteroatoms. The van der Waals surface area contributed by atoms with Crippen molar-refractivity contribution in [1.29, 1.82) is 0 Å². The highest BCUT2D eigenvalue weighted by Crippen LogP contribution is 2.27. The molecule has 0 spiro atoms. The van der Waals surface area contributed by atoms with Gasteiger partial charge < -0.3 is 29.2 Å². The molecule has 0 atom stereocenters. The van der Waals surface area contributed by atoms with E-state index in [0.717, 1.165) is 121 Å². The second-order valence-electron chi connectivity index (χ2n) is 19.2. The number of amides is 4. The molecule has 4 fully saturated rings. The summed E-state index contributed by atoms with van der Waals surface area (Å²) in [5.74, 6) is 2.11. The van der Waals surface area contributed by atoms with Crippen molar-refractivity contribution < 1.29 is 38.6 Å². The van der Waals surface area contributed by atoms with Crippen LogP contribution in [0.25, 0.3) is 0 Å². The summed E-state index contributed by atoms with van der Waals surface area (Å²) in [7, 11) is 0. The van der Waals surface area contributed by atoms with Crippen LogP contribution in [0.5, 0.6) is 0 Å². The lowest BCUT2D eigenvalue weighted by Crippen LogP contribution is -2.45. The maximum Gasteiger partial charge on any atom is 0.413 e. The average Bonchev–Trinajstić information content (AvgIpc) is 3.23. The molecule has 62 heavy (non-hydrogen) atoms. The van der Waals surface area contributed by atoms with Gasteiger partial charge in [-0.15, -0.1) is 0 Å². The largest absolute Gasteiger partial charge is 0.444 e. The van der Waals surface area contributed by atoms with Gasteiger partial charge in [0.25, 0.3) is 0 Å². The van der Waals surface area contributed by atoms with E-state index in [2.05, 4.69) is 30.4 Å². The Bertz CT molecular complexity index is 1780. The number of aldehydes is 1. The molecule has 0 saturated carbocycles. The zero-order valence-corrected chi connectivity index (χ0v) is 37.8. The molecule has 4 amide bonds. The summed E-state index contributed by atoms with van der Waals surface area (Å²) in [5.41, 5.74) is 1.00. The highest BCUT2D eigenvalue weighted by molar-refractivity contribution is 5.84. The van der Waals surface area contributed by atoms with Gasteiger partial charge >= 0.3 is 12.2 Å². The van der Waals surface area contributed by atoms with Crippen molar-refractivity contribution in [2.24, 2.45) is 23.7 Å². The number of aromatic nitrogens is 2. The number of carbonyl (C=O) groups is 5. The highest BCUT2D eigenvalue weighted by atomic mass is 16.6. The highest BCUT2D eigenvalue weighted by Gasteiger charge is 2.32. The Morgan fingerprint density at radius 2 is 1.03 bits per heavy atom. The molecule has 4 saturated heterocycles. The third-order valence-corrected chi connectivity index (χ3v) is 11.8. The van der Waals surface area contributed by atoms with Crippen molar-refractivity contribution in [2.45, 2.75) is 117 Å². The Kier molecular flexibility index (Phi) is 17.6. The fraction of sp³-hybridized carbons (Fsp3) is 0.674. The smallest absolute Gasteiger partial charge is 0.413 e. The van der Waals surface area contributed by atoms with Gasteiger partial charge in [0, 0.05) is 76.0 Å². The van der Waals surface area contributed by atoms with Gasteiger partial charge in [-0.1, -0.05) is 0 Å². The number of rotatable bonds is 10. The number of nitrogens with one attached hydrogen (secondary N) is 2. The molecule has 2 aromatic heterocycles. The quantitative estimate of drug-likeness (QED) is 0.239. The number of carbonyl (C=O) groups excluding carboxylic acids is 5. The Morgan fingerprint density at radius 1 is 0.645 bits per heavy atom. The molecule has 2 aromatic rings. The van der Waals surface area contributed by atoms with Crippen LogP contribution in [0, 0.1) is 23.7 Å². The molecule has 4 aliphatic rings. The van der Waals surface area contributed by atoms with Crippen LogP contribution in [0.1, 0.15) is 104 Å². The van der Waals surface area contributed by atoms with E-state index < -0.39 is 23.4 Å². The van der Waals surface area contributed by atoms with E-state index in [4.69, 9.17) is 9.47 Å². The summed E-state index contributed by atoms with van der Waals surface area (Å²) in [5, 5.41) is 14.6. The maximum atomic E-state index is 12.8. The van der Waals surface area contributed by atoms with Crippen LogP contribution in [0.3, 0.4) is 0 Å². The van der Waals surface area contributed by atoms with Crippen LogP contribution in [0.2, 0.25) is 0 Å². The monoisotopic (exact) mass is 863 g/mol. The first kappa shape index (κ1) is 48.4. The number of anilines is 2. The second-order valence-corrected chi connectivity index (χ2v) is 19.2. The second kappa shape index (κ2) is 22.6. The molecule has 6 rings (SSSR count). The lowest BCUT2D eigenvalue weighted by molar-refractivity contribution is -0.139. The first-order valence-electron chi connectivity index (χ1n) is 22.4. The van der Waals surface area contributed by atoms with Crippen LogP contribution >= 0.6 is 0 Å². The number of likely N-dealkylation sites (tertiary alicyclic amines) is 4. The number of nitrogens with zero attached hydrogens (tertiary/aromatic N) is 6. The summed E-state index contributed by atoms with van der Waals surface area (Å²) in [6.07, 6.45) is 10.2. The topological polar surface area (TPSA) is 187 Å². The first-order valence-corrected chi connectivity index (χ1v) is 22.4. The SMILES string of the molecule is CC(C)(C)OC(=O)Nc1cc(CN2CCC(C(=O)N3CCC(C=O)CC3)CC2)ccn1.CC(C)(C)OC(=O)Nc1cc(CN2CCC(C(=O)N3CCC(CO)CC3)CC2)ccn1. The number of piperidine rings is 4. The Labute approximate surface area is 367 Å². The first-order chi connectivity index (χ1) is 29.5. The van der Waals surface area contributed by atoms with Crippen molar-refractivity contribution in [3.05, 3.63) is 47.8 Å². The predicted octanol–water partition coefficient (Wildman–Crippen LogP) is 5.95. The molecular weight excluding hydrogens is 793 g/mol. The molecule has 0 aromatic carbocycles. The fourth-order valence-corrected chi connectivity index (χ4v) is 8.40. The van der Waals surface area contributed by atoms with Crippen LogP contribution in [-0.4, -0.2) is 135 Å².